The van der Waals surface area contributed by atoms with Gasteiger partial charge in [-0.05, 0) is 32.0 Å². The Hall–Kier alpha value is -2.34. The maximum Gasteiger partial charge on any atom is 0.398 e. The van der Waals surface area contributed by atoms with Crippen LogP contribution in [-0.4, -0.2) is 55.8 Å². The van der Waals surface area contributed by atoms with Crippen LogP contribution in [0.3, 0.4) is 0 Å². The Morgan fingerprint density at radius 2 is 2.06 bits per heavy atom. The van der Waals surface area contributed by atoms with E-state index in [4.69, 9.17) is 15.2 Å². The third kappa shape index (κ3) is 7.60. The first-order chi connectivity index (χ1) is 15.4. The van der Waals surface area contributed by atoms with E-state index in [2.05, 4.69) is 15.0 Å². The minimum atomic E-state index is -4.74. The van der Waals surface area contributed by atoms with Gasteiger partial charge in [-0.3, -0.25) is 4.57 Å². The monoisotopic (exact) mass is 505 g/mol. The van der Waals surface area contributed by atoms with E-state index < -0.39 is 26.1 Å². The number of halogens is 3. The summed E-state index contributed by atoms with van der Waals surface area (Å²) in [7, 11) is -4.47. The molecule has 3 aromatic rings. The van der Waals surface area contributed by atoms with Crippen molar-refractivity contribution in [2.75, 3.05) is 24.9 Å². The van der Waals surface area contributed by atoms with Gasteiger partial charge in [0, 0.05) is 11.4 Å². The molecule has 33 heavy (non-hydrogen) atoms. The first-order valence-electron chi connectivity index (χ1n) is 9.80. The van der Waals surface area contributed by atoms with Gasteiger partial charge in [0.05, 0.1) is 19.0 Å². The molecule has 0 bridgehead atoms. The number of anilines is 1. The molecule has 0 saturated carbocycles. The lowest BCUT2D eigenvalue weighted by molar-refractivity contribution is -0.108. The third-order valence-electron chi connectivity index (χ3n) is 4.04. The summed E-state index contributed by atoms with van der Waals surface area (Å²) in [6.45, 7) is 3.89. The average Bonchev–Trinajstić information content (AvgIpc) is 3.06. The summed E-state index contributed by atoms with van der Waals surface area (Å²) in [6.07, 6.45) is -5.93. The highest BCUT2D eigenvalue weighted by atomic mass is 32.2. The first kappa shape index (κ1) is 25.3. The molecule has 9 nitrogen and oxygen atoms in total. The van der Waals surface area contributed by atoms with Crippen molar-refractivity contribution < 1.29 is 32.1 Å². The van der Waals surface area contributed by atoms with Crippen LogP contribution in [0.25, 0.3) is 11.2 Å². The van der Waals surface area contributed by atoms with Gasteiger partial charge in [0.15, 0.2) is 5.65 Å². The fourth-order valence-corrected chi connectivity index (χ4v) is 4.85. The van der Waals surface area contributed by atoms with Crippen LogP contribution in [0.5, 0.6) is 5.75 Å². The number of fused-ring (bicyclic) bond motifs is 1. The van der Waals surface area contributed by atoms with Crippen LogP contribution in [-0.2, 0) is 15.8 Å². The van der Waals surface area contributed by atoms with Crippen LogP contribution in [0, 0.1) is 0 Å². The lowest BCUT2D eigenvalue weighted by Gasteiger charge is -2.14. The van der Waals surface area contributed by atoms with Crippen molar-refractivity contribution in [1.29, 1.82) is 0 Å². The normalized spacial score (nSPS) is 14.0. The number of imidazole rings is 1. The molecule has 0 aliphatic carbocycles. The standard InChI is InChI=1S/C19H23F3N5O4PS/c1-12(2)31-13-4-3-5-14(8-13)33-17-15-16(25-18(23)26-17)27(10-24-15)6-7-30-11-32(28,29)9-19(20,21)22/h3-5,8,10,12H,6-7,9,11H2,1-2H3,(H,28,29)(H2,23,25,26). The highest BCUT2D eigenvalue weighted by molar-refractivity contribution is 7.99. The van der Waals surface area contributed by atoms with Crippen LogP contribution in [0.1, 0.15) is 13.8 Å². The molecule has 1 aromatic carbocycles. The Balaban J connectivity index is 1.70. The predicted molar refractivity (Wildman–Crippen MR) is 118 cm³/mol. The molecule has 0 spiro atoms. The van der Waals surface area contributed by atoms with E-state index in [9.17, 15) is 22.6 Å². The van der Waals surface area contributed by atoms with E-state index in [1.54, 1.807) is 4.57 Å². The molecule has 0 saturated heterocycles. The fraction of sp³-hybridized carbons (Fsp3) is 0.421. The highest BCUT2D eigenvalue weighted by Gasteiger charge is 2.38. The Morgan fingerprint density at radius 3 is 2.76 bits per heavy atom. The van der Waals surface area contributed by atoms with Gasteiger partial charge in [-0.15, -0.1) is 0 Å². The lowest BCUT2D eigenvalue weighted by atomic mass is 10.3. The molecule has 0 fully saturated rings. The second-order valence-electron chi connectivity index (χ2n) is 7.40. The molecule has 0 aliphatic rings. The van der Waals surface area contributed by atoms with Gasteiger partial charge in [0.25, 0.3) is 0 Å². The Labute approximate surface area is 192 Å². The molecule has 1 unspecified atom stereocenters. The summed E-state index contributed by atoms with van der Waals surface area (Å²) in [5.74, 6) is 0.731. The molecule has 2 heterocycles. The summed E-state index contributed by atoms with van der Waals surface area (Å²) in [6, 6.07) is 7.47. The molecule has 180 valence electrons. The molecule has 2 aromatic heterocycles. The highest BCUT2D eigenvalue weighted by Crippen LogP contribution is 2.45. The Kier molecular flexibility index (Phi) is 7.88. The molecule has 3 N–H and O–H groups in total. The maximum absolute atomic E-state index is 12.3. The summed E-state index contributed by atoms with van der Waals surface area (Å²) in [5.41, 5.74) is 6.75. The number of nitrogens with zero attached hydrogens (tertiary/aromatic N) is 4. The summed E-state index contributed by atoms with van der Waals surface area (Å²) in [5, 5.41) is 0.518. The number of ether oxygens (including phenoxy) is 2. The minimum absolute atomic E-state index is 0.0206. The van der Waals surface area contributed by atoms with Gasteiger partial charge >= 0.3 is 6.18 Å². The van der Waals surface area contributed by atoms with Crippen LogP contribution < -0.4 is 10.5 Å². The molecule has 14 heteroatoms. The van der Waals surface area contributed by atoms with Crippen LogP contribution in [0.2, 0.25) is 0 Å². The van der Waals surface area contributed by atoms with E-state index in [-0.39, 0.29) is 25.2 Å². The number of hydrogen-bond acceptors (Lipinski definition) is 8. The van der Waals surface area contributed by atoms with Crippen molar-refractivity contribution in [2.24, 2.45) is 0 Å². The van der Waals surface area contributed by atoms with Crippen LogP contribution in [0.4, 0.5) is 19.1 Å². The lowest BCUT2D eigenvalue weighted by Crippen LogP contribution is -2.17. The summed E-state index contributed by atoms with van der Waals surface area (Å²) < 4.78 is 60.9. The zero-order chi connectivity index (χ0) is 24.2. The number of rotatable bonds is 10. The maximum atomic E-state index is 12.3. The number of nitrogens with two attached hydrogens (primary N) is 1. The van der Waals surface area contributed by atoms with E-state index in [1.807, 2.05) is 38.1 Å². The predicted octanol–water partition coefficient (Wildman–Crippen LogP) is 4.15. The van der Waals surface area contributed by atoms with Crippen LogP contribution in [0.15, 0.2) is 40.5 Å². The largest absolute Gasteiger partial charge is 0.491 e. The van der Waals surface area contributed by atoms with Crippen molar-refractivity contribution in [3.8, 4) is 5.75 Å². The van der Waals surface area contributed by atoms with Crippen molar-refractivity contribution in [3.63, 3.8) is 0 Å². The van der Waals surface area contributed by atoms with Gasteiger partial charge in [-0.25, -0.2) is 9.97 Å². The minimum Gasteiger partial charge on any atom is -0.491 e. The van der Waals surface area contributed by atoms with E-state index in [1.165, 1.54) is 18.1 Å². The molecule has 0 aliphatic heterocycles. The molecule has 1 atom stereocenters. The number of aromatic nitrogens is 4. The van der Waals surface area contributed by atoms with Crippen molar-refractivity contribution in [1.82, 2.24) is 19.5 Å². The SMILES string of the molecule is CC(C)Oc1cccc(Sc2nc(N)nc3c2ncn3CCOCP(=O)(O)CC(F)(F)F)c1. The summed E-state index contributed by atoms with van der Waals surface area (Å²) >= 11 is 1.33. The van der Waals surface area contributed by atoms with Gasteiger partial charge in [0.1, 0.15) is 28.8 Å². The molecule has 0 radical (unpaired) electrons. The van der Waals surface area contributed by atoms with Crippen LogP contribution >= 0.6 is 19.1 Å². The van der Waals surface area contributed by atoms with Gasteiger partial charge in [-0.2, -0.15) is 18.2 Å². The van der Waals surface area contributed by atoms with Gasteiger partial charge in [0.2, 0.25) is 13.3 Å². The zero-order valence-corrected chi connectivity index (χ0v) is 19.5. The second-order valence-corrected chi connectivity index (χ2v) is 10.7. The number of benzene rings is 1. The van der Waals surface area contributed by atoms with E-state index in [0.717, 1.165) is 4.90 Å². The quantitative estimate of drug-likeness (QED) is 0.237. The van der Waals surface area contributed by atoms with Gasteiger partial charge in [-0.1, -0.05) is 17.8 Å². The van der Waals surface area contributed by atoms with Gasteiger partial charge < -0.3 is 24.7 Å². The topological polar surface area (TPSA) is 125 Å². The van der Waals surface area contributed by atoms with E-state index in [0.29, 0.717) is 21.9 Å². The third-order valence-corrected chi connectivity index (χ3v) is 6.44. The van der Waals surface area contributed by atoms with Crippen molar-refractivity contribution in [3.05, 3.63) is 30.6 Å². The molecule has 0 amide bonds. The molecule has 3 rings (SSSR count). The Morgan fingerprint density at radius 1 is 1.30 bits per heavy atom. The zero-order valence-electron chi connectivity index (χ0n) is 17.8. The van der Waals surface area contributed by atoms with Crippen molar-refractivity contribution >= 4 is 36.2 Å². The number of nitrogen functional groups attached to an aromatic ring is 1. The van der Waals surface area contributed by atoms with E-state index >= 15 is 0 Å². The average molecular weight is 505 g/mol. The Bertz CT molecular complexity index is 1160. The number of alkyl halides is 3. The summed E-state index contributed by atoms with van der Waals surface area (Å²) in [4.78, 5) is 23.0. The number of hydrogen-bond donors (Lipinski definition) is 2. The van der Waals surface area contributed by atoms with Crippen molar-refractivity contribution in [2.45, 2.75) is 42.6 Å². The molecular weight excluding hydrogens is 482 g/mol. The second kappa shape index (κ2) is 10.3. The fourth-order valence-electron chi connectivity index (χ4n) is 2.86. The first-order valence-corrected chi connectivity index (χ1v) is 12.6. The smallest absolute Gasteiger partial charge is 0.398 e. The molecular formula is C19H23F3N5O4PS.